The number of ether oxygens (including phenoxy) is 2. The van der Waals surface area contributed by atoms with Crippen molar-refractivity contribution in [3.05, 3.63) is 39.3 Å². The molecule has 0 saturated carbocycles. The summed E-state index contributed by atoms with van der Waals surface area (Å²) in [6.07, 6.45) is 0. The molecular formula is C14H16N2O4S. The monoisotopic (exact) mass is 308 g/mol. The third kappa shape index (κ3) is 3.93. The summed E-state index contributed by atoms with van der Waals surface area (Å²) in [5.74, 6) is -0.474. The maximum absolute atomic E-state index is 11.9. The molecule has 2 aromatic rings. The first kappa shape index (κ1) is 15.3. The Morgan fingerprint density at radius 3 is 2.90 bits per heavy atom. The number of esters is 1. The maximum Gasteiger partial charge on any atom is 0.326 e. The topological polar surface area (TPSA) is 83.6 Å². The lowest BCUT2D eigenvalue weighted by Gasteiger charge is -2.08. The Hall–Kier alpha value is -2.12. The number of anilines is 1. The minimum Gasteiger partial charge on any atom is -0.462 e. The van der Waals surface area contributed by atoms with Crippen LogP contribution in [0.4, 0.5) is 5.69 Å². The molecule has 0 aliphatic heterocycles. The van der Waals surface area contributed by atoms with Crippen LogP contribution in [-0.2, 0) is 20.8 Å². The van der Waals surface area contributed by atoms with Gasteiger partial charge in [-0.1, -0.05) is 23.5 Å². The summed E-state index contributed by atoms with van der Waals surface area (Å²) in [6.45, 7) is 0.365. The normalized spacial score (nSPS) is 10.5. The fourth-order valence-corrected chi connectivity index (χ4v) is 2.58. The third-order valence-electron chi connectivity index (χ3n) is 2.80. The van der Waals surface area contributed by atoms with Gasteiger partial charge in [-0.2, -0.15) is 0 Å². The van der Waals surface area contributed by atoms with Crippen molar-refractivity contribution in [2.45, 2.75) is 6.54 Å². The zero-order valence-corrected chi connectivity index (χ0v) is 12.4. The Labute approximate surface area is 125 Å². The van der Waals surface area contributed by atoms with Gasteiger partial charge < -0.3 is 15.2 Å². The van der Waals surface area contributed by atoms with Gasteiger partial charge in [-0.25, -0.2) is 0 Å². The number of nitrogens with two attached hydrogens (primary N) is 1. The van der Waals surface area contributed by atoms with Crippen molar-refractivity contribution in [3.8, 4) is 11.3 Å². The lowest BCUT2D eigenvalue weighted by atomic mass is 10.1. The van der Waals surface area contributed by atoms with E-state index in [0.29, 0.717) is 18.0 Å². The van der Waals surface area contributed by atoms with Gasteiger partial charge in [-0.3, -0.25) is 14.2 Å². The molecule has 0 aliphatic rings. The Kier molecular flexibility index (Phi) is 5.13. The number of nitrogen functional groups attached to an aromatic ring is 1. The second-order valence-corrected chi connectivity index (χ2v) is 5.13. The number of benzene rings is 1. The van der Waals surface area contributed by atoms with E-state index in [4.69, 9.17) is 15.2 Å². The standard InChI is InChI=1S/C14H16N2O4S/c1-19-5-6-20-13(17)8-16-12(9-21-14(16)18)10-3-2-4-11(15)7-10/h2-4,7,9H,5-6,8,15H2,1H3. The van der Waals surface area contributed by atoms with Crippen molar-refractivity contribution in [1.29, 1.82) is 0 Å². The Morgan fingerprint density at radius 2 is 2.19 bits per heavy atom. The van der Waals surface area contributed by atoms with Crippen molar-refractivity contribution in [3.63, 3.8) is 0 Å². The number of rotatable bonds is 6. The van der Waals surface area contributed by atoms with Crippen LogP contribution < -0.4 is 10.6 Å². The third-order valence-corrected chi connectivity index (χ3v) is 3.57. The summed E-state index contributed by atoms with van der Waals surface area (Å²) < 4.78 is 11.2. The van der Waals surface area contributed by atoms with Gasteiger partial charge in [0.2, 0.25) is 0 Å². The van der Waals surface area contributed by atoms with E-state index in [2.05, 4.69) is 0 Å². The number of nitrogens with zero attached hydrogens (tertiary/aromatic N) is 1. The van der Waals surface area contributed by atoms with Gasteiger partial charge in [0.25, 0.3) is 0 Å². The Balaban J connectivity index is 2.19. The number of carbonyl (C=O) groups is 1. The van der Waals surface area contributed by atoms with Crippen LogP contribution >= 0.6 is 11.3 Å². The van der Waals surface area contributed by atoms with Crippen molar-refractivity contribution in [1.82, 2.24) is 4.57 Å². The molecule has 0 atom stereocenters. The molecule has 0 fully saturated rings. The van der Waals surface area contributed by atoms with E-state index in [1.54, 1.807) is 23.6 Å². The molecule has 0 saturated heterocycles. The quantitative estimate of drug-likeness (QED) is 0.495. The molecule has 2 N–H and O–H groups in total. The minimum atomic E-state index is -0.474. The van der Waals surface area contributed by atoms with Crippen LogP contribution in [0.1, 0.15) is 0 Å². The number of carbonyl (C=O) groups excluding carboxylic acids is 1. The van der Waals surface area contributed by atoms with Gasteiger partial charge in [0.15, 0.2) is 0 Å². The SMILES string of the molecule is COCCOC(=O)Cn1c(-c2cccc(N)c2)csc1=O. The molecular weight excluding hydrogens is 292 g/mol. The smallest absolute Gasteiger partial charge is 0.326 e. The number of thiazole rings is 1. The Morgan fingerprint density at radius 1 is 1.38 bits per heavy atom. The number of methoxy groups -OCH3 is 1. The van der Waals surface area contributed by atoms with Crippen LogP contribution in [0, 0.1) is 0 Å². The first-order valence-corrected chi connectivity index (χ1v) is 7.18. The van der Waals surface area contributed by atoms with Gasteiger partial charge in [0.05, 0.1) is 12.3 Å². The van der Waals surface area contributed by atoms with Gasteiger partial charge >= 0.3 is 10.8 Å². The molecule has 0 spiro atoms. The van der Waals surface area contributed by atoms with Crippen molar-refractivity contribution in [2.24, 2.45) is 0 Å². The highest BCUT2D eigenvalue weighted by atomic mass is 32.1. The molecule has 0 unspecified atom stereocenters. The van der Waals surface area contributed by atoms with Crippen molar-refractivity contribution in [2.75, 3.05) is 26.1 Å². The molecule has 0 bridgehead atoms. The van der Waals surface area contributed by atoms with E-state index >= 15 is 0 Å². The summed E-state index contributed by atoms with van der Waals surface area (Å²) in [6, 6.07) is 7.16. The zero-order chi connectivity index (χ0) is 15.2. The zero-order valence-electron chi connectivity index (χ0n) is 11.6. The van der Waals surface area contributed by atoms with Crippen LogP contribution in [0.2, 0.25) is 0 Å². The number of hydrogen-bond acceptors (Lipinski definition) is 6. The van der Waals surface area contributed by atoms with Crippen LogP contribution in [0.15, 0.2) is 34.4 Å². The number of hydrogen-bond donors (Lipinski definition) is 1. The van der Waals surface area contributed by atoms with Gasteiger partial charge in [-0.15, -0.1) is 0 Å². The van der Waals surface area contributed by atoms with Crippen LogP contribution in [-0.4, -0.2) is 30.9 Å². The summed E-state index contributed by atoms with van der Waals surface area (Å²) in [5.41, 5.74) is 7.79. The fraction of sp³-hybridized carbons (Fsp3) is 0.286. The van der Waals surface area contributed by atoms with Crippen molar-refractivity contribution >= 4 is 23.0 Å². The number of aromatic nitrogens is 1. The van der Waals surface area contributed by atoms with E-state index in [1.807, 2.05) is 6.07 Å². The van der Waals surface area contributed by atoms with Gasteiger partial charge in [-0.05, 0) is 12.1 Å². The first-order valence-electron chi connectivity index (χ1n) is 6.30. The van der Waals surface area contributed by atoms with Crippen LogP contribution in [0.3, 0.4) is 0 Å². The lowest BCUT2D eigenvalue weighted by Crippen LogP contribution is -2.22. The highest BCUT2D eigenvalue weighted by Gasteiger charge is 2.13. The molecule has 1 aromatic carbocycles. The molecule has 7 heteroatoms. The maximum atomic E-state index is 11.9. The van der Waals surface area contributed by atoms with Crippen molar-refractivity contribution < 1.29 is 14.3 Å². The van der Waals surface area contributed by atoms with Gasteiger partial charge in [0, 0.05) is 23.7 Å². The summed E-state index contributed by atoms with van der Waals surface area (Å²) in [5, 5.41) is 1.71. The average molecular weight is 308 g/mol. The highest BCUT2D eigenvalue weighted by Crippen LogP contribution is 2.22. The largest absolute Gasteiger partial charge is 0.462 e. The molecule has 2 rings (SSSR count). The second-order valence-electron chi connectivity index (χ2n) is 4.31. The predicted molar refractivity (Wildman–Crippen MR) is 81.3 cm³/mol. The molecule has 112 valence electrons. The summed E-state index contributed by atoms with van der Waals surface area (Å²) in [7, 11) is 1.52. The lowest BCUT2D eigenvalue weighted by molar-refractivity contribution is -0.145. The van der Waals surface area contributed by atoms with E-state index in [1.165, 1.54) is 11.7 Å². The molecule has 1 aromatic heterocycles. The first-order chi connectivity index (χ1) is 10.1. The van der Waals surface area contributed by atoms with E-state index in [9.17, 15) is 9.59 Å². The molecule has 0 radical (unpaired) electrons. The van der Waals surface area contributed by atoms with Crippen LogP contribution in [0.5, 0.6) is 0 Å². The highest BCUT2D eigenvalue weighted by molar-refractivity contribution is 7.07. The predicted octanol–water partition coefficient (Wildman–Crippen LogP) is 1.35. The summed E-state index contributed by atoms with van der Waals surface area (Å²) in [4.78, 5) is 23.4. The molecule has 6 nitrogen and oxygen atoms in total. The molecule has 0 aliphatic carbocycles. The van der Waals surface area contributed by atoms with Gasteiger partial charge in [0.1, 0.15) is 13.2 Å². The summed E-state index contributed by atoms with van der Waals surface area (Å²) >= 11 is 1.04. The molecule has 21 heavy (non-hydrogen) atoms. The Bertz CT molecular complexity index is 678. The fourth-order valence-electron chi connectivity index (χ4n) is 1.82. The van der Waals surface area contributed by atoms with E-state index < -0.39 is 5.97 Å². The molecule has 1 heterocycles. The molecule has 0 amide bonds. The van der Waals surface area contributed by atoms with E-state index in [0.717, 1.165) is 16.9 Å². The van der Waals surface area contributed by atoms with E-state index in [-0.39, 0.29) is 18.0 Å². The van der Waals surface area contributed by atoms with Crippen LogP contribution in [0.25, 0.3) is 11.3 Å². The average Bonchev–Trinajstić information content (AvgIpc) is 2.81. The second kappa shape index (κ2) is 7.05. The minimum absolute atomic E-state index is 0.129.